The fourth-order valence-corrected chi connectivity index (χ4v) is 4.89. The number of methoxy groups -OCH3 is 2. The minimum atomic E-state index is 0.159. The van der Waals surface area contributed by atoms with E-state index in [0.29, 0.717) is 5.92 Å². The monoisotopic (exact) mass is 451 g/mol. The van der Waals surface area contributed by atoms with E-state index in [1.165, 1.54) is 22.4 Å². The van der Waals surface area contributed by atoms with E-state index in [1.54, 1.807) is 14.2 Å². The van der Waals surface area contributed by atoms with Gasteiger partial charge in [0.1, 0.15) is 0 Å². The molecule has 0 spiro atoms. The number of ether oxygens (including phenoxy) is 3. The maximum atomic E-state index is 6.12. The second-order valence-electron chi connectivity index (χ2n) is 6.69. The highest BCUT2D eigenvalue weighted by molar-refractivity contribution is 14.1. The van der Waals surface area contributed by atoms with Crippen molar-refractivity contribution in [2.45, 2.75) is 25.5 Å². The van der Waals surface area contributed by atoms with Gasteiger partial charge >= 0.3 is 0 Å². The Morgan fingerprint density at radius 1 is 1.16 bits per heavy atom. The first-order chi connectivity index (χ1) is 12.1. The number of hydrogen-bond acceptors (Lipinski definition) is 4. The van der Waals surface area contributed by atoms with Crippen LogP contribution in [-0.2, 0) is 4.74 Å². The minimum Gasteiger partial charge on any atom is -0.493 e. The third-order valence-corrected chi connectivity index (χ3v) is 6.01. The summed E-state index contributed by atoms with van der Waals surface area (Å²) in [6.07, 6.45) is 1.22. The molecule has 0 saturated carbocycles. The molecule has 1 fully saturated rings. The first-order valence-electron chi connectivity index (χ1n) is 8.52. The summed E-state index contributed by atoms with van der Waals surface area (Å²) in [5, 5.41) is 3.75. The second kappa shape index (κ2) is 6.68. The van der Waals surface area contributed by atoms with Gasteiger partial charge in [-0.1, -0.05) is 17.7 Å². The van der Waals surface area contributed by atoms with Gasteiger partial charge in [-0.05, 0) is 59.7 Å². The van der Waals surface area contributed by atoms with Crippen LogP contribution in [0.2, 0.25) is 0 Å². The number of fused-ring (bicyclic) bond motifs is 3. The van der Waals surface area contributed by atoms with Crippen molar-refractivity contribution in [3.8, 4) is 11.5 Å². The van der Waals surface area contributed by atoms with Crippen molar-refractivity contribution in [2.75, 3.05) is 26.1 Å². The maximum absolute atomic E-state index is 6.12. The summed E-state index contributed by atoms with van der Waals surface area (Å²) in [7, 11) is 3.36. The molecule has 5 heteroatoms. The van der Waals surface area contributed by atoms with E-state index < -0.39 is 0 Å². The molecule has 1 saturated heterocycles. The molecule has 0 unspecified atom stereocenters. The van der Waals surface area contributed by atoms with Gasteiger partial charge in [-0.15, -0.1) is 0 Å². The highest BCUT2D eigenvalue weighted by atomic mass is 127. The molecule has 2 heterocycles. The predicted octanol–water partition coefficient (Wildman–Crippen LogP) is 4.86. The summed E-state index contributed by atoms with van der Waals surface area (Å²) in [6, 6.07) is 11.1. The van der Waals surface area contributed by atoms with Crippen LogP contribution in [0.3, 0.4) is 0 Å². The third-order valence-electron chi connectivity index (χ3n) is 5.21. The lowest BCUT2D eigenvalue weighted by molar-refractivity contribution is 0.0828. The maximum Gasteiger partial charge on any atom is 0.174 e. The molecule has 1 N–H and O–H groups in total. The molecule has 3 atom stereocenters. The molecule has 2 aliphatic rings. The van der Waals surface area contributed by atoms with Crippen molar-refractivity contribution in [1.82, 2.24) is 0 Å². The molecule has 2 aliphatic heterocycles. The van der Waals surface area contributed by atoms with Crippen LogP contribution in [0.5, 0.6) is 11.5 Å². The molecule has 4 rings (SSSR count). The minimum absolute atomic E-state index is 0.159. The Morgan fingerprint density at radius 3 is 2.76 bits per heavy atom. The van der Waals surface area contributed by atoms with E-state index in [1.807, 2.05) is 0 Å². The van der Waals surface area contributed by atoms with Crippen molar-refractivity contribution in [3.63, 3.8) is 0 Å². The number of rotatable bonds is 3. The van der Waals surface area contributed by atoms with Crippen LogP contribution in [0.15, 0.2) is 30.3 Å². The highest BCUT2D eigenvalue weighted by Crippen LogP contribution is 2.51. The quantitative estimate of drug-likeness (QED) is 0.677. The number of nitrogens with one attached hydrogen (secondary N) is 1. The molecule has 2 aromatic carbocycles. The van der Waals surface area contributed by atoms with E-state index in [9.17, 15) is 0 Å². The van der Waals surface area contributed by atoms with E-state index in [0.717, 1.165) is 28.1 Å². The Kier molecular flexibility index (Phi) is 4.54. The van der Waals surface area contributed by atoms with Gasteiger partial charge in [0.2, 0.25) is 0 Å². The Labute approximate surface area is 162 Å². The average Bonchev–Trinajstić information content (AvgIpc) is 3.10. The lowest BCUT2D eigenvalue weighted by atomic mass is 9.80. The standard InChI is InChI=1S/C20H22INO3/c1-11-4-5-16-14(8-11)19-13(6-7-25-19)18(22-16)12-9-15(21)20(24-3)17(10-12)23-2/h4-5,8-10,13,18-19,22H,6-7H2,1-3H3/t13-,18+,19-/m0/s1. The van der Waals surface area contributed by atoms with Crippen molar-refractivity contribution in [3.05, 3.63) is 50.6 Å². The van der Waals surface area contributed by atoms with Crippen LogP contribution >= 0.6 is 22.6 Å². The van der Waals surface area contributed by atoms with Gasteiger partial charge in [-0.25, -0.2) is 0 Å². The van der Waals surface area contributed by atoms with Crippen molar-refractivity contribution in [2.24, 2.45) is 5.92 Å². The number of halogens is 1. The second-order valence-corrected chi connectivity index (χ2v) is 7.86. The summed E-state index contributed by atoms with van der Waals surface area (Å²) in [5.41, 5.74) is 4.94. The molecular weight excluding hydrogens is 429 g/mol. The van der Waals surface area contributed by atoms with Crippen LogP contribution in [0, 0.1) is 16.4 Å². The normalized spacial score (nSPS) is 24.2. The molecule has 0 bridgehead atoms. The third kappa shape index (κ3) is 2.87. The van der Waals surface area contributed by atoms with Crippen molar-refractivity contribution in [1.29, 1.82) is 0 Å². The fourth-order valence-electron chi connectivity index (χ4n) is 4.04. The van der Waals surface area contributed by atoms with Gasteiger partial charge in [-0.2, -0.15) is 0 Å². The fraction of sp³-hybridized carbons (Fsp3) is 0.400. The number of benzene rings is 2. The topological polar surface area (TPSA) is 39.7 Å². The van der Waals surface area contributed by atoms with Gasteiger partial charge in [-0.3, -0.25) is 0 Å². The zero-order valence-corrected chi connectivity index (χ0v) is 16.8. The zero-order chi connectivity index (χ0) is 17.6. The van der Waals surface area contributed by atoms with Gasteiger partial charge in [0.15, 0.2) is 11.5 Å². The Bertz CT molecular complexity index is 808. The first kappa shape index (κ1) is 17.0. The summed E-state index contributed by atoms with van der Waals surface area (Å²) in [4.78, 5) is 0. The SMILES string of the molecule is COc1cc([C@H]2Nc3ccc(C)cc3[C@H]3OCC[C@@H]23)cc(I)c1OC. The van der Waals surface area contributed by atoms with Crippen LogP contribution in [0.4, 0.5) is 5.69 Å². The van der Waals surface area contributed by atoms with Gasteiger partial charge in [0.05, 0.1) is 29.9 Å². The zero-order valence-electron chi connectivity index (χ0n) is 14.6. The lowest BCUT2D eigenvalue weighted by Crippen LogP contribution is -2.29. The first-order valence-corrected chi connectivity index (χ1v) is 9.60. The van der Waals surface area contributed by atoms with Crippen LogP contribution in [-0.4, -0.2) is 20.8 Å². The molecule has 2 aromatic rings. The van der Waals surface area contributed by atoms with Crippen molar-refractivity contribution >= 4 is 28.3 Å². The number of hydrogen-bond donors (Lipinski definition) is 1. The van der Waals surface area contributed by atoms with Crippen LogP contribution in [0.25, 0.3) is 0 Å². The van der Waals surface area contributed by atoms with E-state index in [2.05, 4.69) is 65.2 Å². The predicted molar refractivity (Wildman–Crippen MR) is 107 cm³/mol. The highest BCUT2D eigenvalue weighted by Gasteiger charge is 2.41. The number of anilines is 1. The smallest absolute Gasteiger partial charge is 0.174 e. The molecule has 132 valence electrons. The lowest BCUT2D eigenvalue weighted by Gasteiger charge is -2.37. The molecule has 0 radical (unpaired) electrons. The van der Waals surface area contributed by atoms with Crippen LogP contribution < -0.4 is 14.8 Å². The Morgan fingerprint density at radius 2 is 2.00 bits per heavy atom. The molecule has 0 aliphatic carbocycles. The largest absolute Gasteiger partial charge is 0.493 e. The van der Waals surface area contributed by atoms with Gasteiger partial charge in [0, 0.05) is 23.8 Å². The van der Waals surface area contributed by atoms with E-state index in [-0.39, 0.29) is 12.1 Å². The summed E-state index contributed by atoms with van der Waals surface area (Å²) in [5.74, 6) is 1.98. The number of aryl methyl sites for hydroxylation is 1. The summed E-state index contributed by atoms with van der Waals surface area (Å²) < 4.78 is 18.2. The van der Waals surface area contributed by atoms with Crippen molar-refractivity contribution < 1.29 is 14.2 Å². The van der Waals surface area contributed by atoms with Crippen LogP contribution in [0.1, 0.15) is 35.3 Å². The molecule has 25 heavy (non-hydrogen) atoms. The summed E-state index contributed by atoms with van der Waals surface area (Å²) >= 11 is 2.31. The Hall–Kier alpha value is -1.47. The molecule has 4 nitrogen and oxygen atoms in total. The van der Waals surface area contributed by atoms with E-state index in [4.69, 9.17) is 14.2 Å². The van der Waals surface area contributed by atoms with Gasteiger partial charge in [0.25, 0.3) is 0 Å². The van der Waals surface area contributed by atoms with Gasteiger partial charge < -0.3 is 19.5 Å². The Balaban J connectivity index is 1.78. The average molecular weight is 451 g/mol. The van der Waals surface area contributed by atoms with E-state index >= 15 is 0 Å². The summed E-state index contributed by atoms with van der Waals surface area (Å²) in [6.45, 7) is 2.94. The molecular formula is C20H22INO3. The molecule has 0 aromatic heterocycles. The molecule has 0 amide bonds.